The summed E-state index contributed by atoms with van der Waals surface area (Å²) in [6, 6.07) is 2.68. The number of aromatic nitrogens is 1. The van der Waals surface area contributed by atoms with Crippen molar-refractivity contribution in [2.45, 2.75) is 119 Å². The van der Waals surface area contributed by atoms with Crippen molar-refractivity contribution in [1.82, 2.24) is 19.7 Å². The largest absolute Gasteiger partial charge is 0.493 e. The molecule has 5 aliphatic heterocycles. The lowest BCUT2D eigenvalue weighted by molar-refractivity contribution is -0.297. The number of benzene rings is 1. The van der Waals surface area contributed by atoms with Crippen molar-refractivity contribution in [3.05, 3.63) is 46.2 Å². The number of hydrogen-bond donors (Lipinski definition) is 3. The maximum atomic E-state index is 14.9. The minimum atomic E-state index is -1.54. The van der Waals surface area contributed by atoms with E-state index in [1.807, 2.05) is 29.5 Å². The van der Waals surface area contributed by atoms with E-state index in [2.05, 4.69) is 10.3 Å². The molecule has 6 heterocycles. The Hall–Kier alpha value is -3.81. The molecule has 0 saturated carbocycles. The number of rotatable bonds is 11. The summed E-state index contributed by atoms with van der Waals surface area (Å²) in [5.41, 5.74) is -2.41. The third kappa shape index (κ3) is 11.5. The number of aliphatic hydroxyl groups is 2. The van der Waals surface area contributed by atoms with Gasteiger partial charge in [-0.05, 0) is 87.7 Å². The van der Waals surface area contributed by atoms with E-state index in [0.717, 1.165) is 0 Å². The number of halogens is 3. The van der Waals surface area contributed by atoms with Gasteiger partial charge in [0.25, 0.3) is 5.91 Å². The van der Waals surface area contributed by atoms with Crippen LogP contribution in [0.4, 0.5) is 15.3 Å². The number of anilines is 1. The molecular weight excluding hydrogens is 1080 g/mol. The van der Waals surface area contributed by atoms with Crippen LogP contribution in [-0.2, 0) is 38.0 Å². The molecule has 2 aromatic rings. The summed E-state index contributed by atoms with van der Waals surface area (Å²) in [6.45, 7) is 11.8. The summed E-state index contributed by atoms with van der Waals surface area (Å²) in [4.78, 5) is 78.3. The zero-order valence-electron chi connectivity index (χ0n) is 41.0. The smallest absolute Gasteiger partial charge is 0.410 e. The van der Waals surface area contributed by atoms with E-state index in [1.165, 1.54) is 42.3 Å². The predicted molar refractivity (Wildman–Crippen MR) is 265 cm³/mol. The average molecular weight is 1150 g/mol. The van der Waals surface area contributed by atoms with Gasteiger partial charge in [0, 0.05) is 62.4 Å². The van der Waals surface area contributed by atoms with E-state index >= 15 is 0 Å². The standard InChI is InChI=1S/C48H64Cl2IN5O15/c1-24-18-32(54(7)45(62)55-13-16-65-17-14-55)38(59)43(68-24)69-40-26(3)36(57)27(4)42(61)70-44(51)48(6)39(25(2)37(58)29-20-47(40,5)67-23-29)56(46(63)71-48)12-9-15-66-34-19-28(10-11-33(34)64-8)41(60)53-35-30(49)21-52-22-31(35)50/h10-11,19,21-22,24-27,29,32,36,38-40,43-44,57,59H,9,12-18,20,23H2,1-8H3,(H,52,53,60)/t24-,25+,26+,27-,29+,32+,36+,38-,39-,40-,43+,44+,47-,48+/m1/s1. The Kier molecular flexibility index (Phi) is 17.6. The van der Waals surface area contributed by atoms with Gasteiger partial charge >= 0.3 is 18.1 Å². The number of ether oxygens (including phenoxy) is 8. The van der Waals surface area contributed by atoms with Gasteiger partial charge in [0.2, 0.25) is 0 Å². The molecule has 5 saturated heterocycles. The topological polar surface area (TPSA) is 234 Å². The summed E-state index contributed by atoms with van der Waals surface area (Å²) in [5.74, 6) is -4.58. The average Bonchev–Trinajstić information content (AvgIpc) is 3.88. The maximum Gasteiger partial charge on any atom is 0.410 e. The Morgan fingerprint density at radius 2 is 1.70 bits per heavy atom. The number of hydrogen-bond acceptors (Lipinski definition) is 16. The molecule has 7 rings (SSSR count). The lowest BCUT2D eigenvalue weighted by atomic mass is 9.75. The quantitative estimate of drug-likeness (QED) is 0.108. The molecular formula is C48H64Cl2IN5O15. The van der Waals surface area contributed by atoms with Gasteiger partial charge < -0.3 is 68.1 Å². The lowest BCUT2D eigenvalue weighted by Crippen LogP contribution is -2.61. The number of carbonyl (C=O) groups excluding carboxylic acids is 5. The van der Waals surface area contributed by atoms with E-state index in [1.54, 1.807) is 51.8 Å². The lowest BCUT2D eigenvalue weighted by Gasteiger charge is -2.47. The summed E-state index contributed by atoms with van der Waals surface area (Å²) in [6.07, 6.45) is -2.90. The number of morpholine rings is 1. The van der Waals surface area contributed by atoms with Gasteiger partial charge in [-0.1, -0.05) is 37.0 Å². The molecule has 5 aliphatic rings. The second-order valence-corrected chi connectivity index (χ2v) is 21.4. The highest BCUT2D eigenvalue weighted by Crippen LogP contribution is 2.46. The molecule has 0 aliphatic carbocycles. The number of carbonyl (C=O) groups is 5. The molecule has 3 N–H and O–H groups in total. The number of pyridine rings is 1. The Bertz CT molecular complexity index is 2280. The fourth-order valence-corrected chi connectivity index (χ4v) is 11.7. The van der Waals surface area contributed by atoms with Crippen LogP contribution in [0.25, 0.3) is 0 Å². The molecule has 1 aromatic carbocycles. The number of amides is 4. The third-order valence-corrected chi connectivity index (χ3v) is 16.6. The molecule has 20 nitrogen and oxygen atoms in total. The van der Waals surface area contributed by atoms with Crippen LogP contribution in [0, 0.1) is 23.7 Å². The van der Waals surface area contributed by atoms with Crippen molar-refractivity contribution in [2.75, 3.05) is 65.5 Å². The van der Waals surface area contributed by atoms with E-state index in [0.29, 0.717) is 38.5 Å². The maximum absolute atomic E-state index is 14.9. The van der Waals surface area contributed by atoms with E-state index in [4.69, 9.17) is 61.1 Å². The number of likely N-dealkylation sites (N-methyl/N-ethyl adjacent to an activating group) is 1. The molecule has 0 radical (unpaired) electrons. The first-order chi connectivity index (χ1) is 33.6. The molecule has 5 fully saturated rings. The van der Waals surface area contributed by atoms with Crippen molar-refractivity contribution >= 4 is 81.3 Å². The fraction of sp³-hybridized carbons (Fsp3) is 0.667. The number of cyclic esters (lactones) is 1. The van der Waals surface area contributed by atoms with Gasteiger partial charge in [-0.2, -0.15) is 0 Å². The van der Waals surface area contributed by atoms with E-state index in [-0.39, 0.29) is 71.5 Å². The molecule has 4 amide bonds. The monoisotopic (exact) mass is 1150 g/mol. The van der Waals surface area contributed by atoms with Crippen molar-refractivity contribution in [1.29, 1.82) is 0 Å². The van der Waals surface area contributed by atoms with Gasteiger partial charge in [0.15, 0.2) is 27.5 Å². The van der Waals surface area contributed by atoms with Crippen molar-refractivity contribution < 1.29 is 72.1 Å². The van der Waals surface area contributed by atoms with Crippen LogP contribution in [0.2, 0.25) is 10.0 Å². The first-order valence-electron chi connectivity index (χ1n) is 23.8. The Morgan fingerprint density at radius 1 is 1.01 bits per heavy atom. The number of Topliss-reactive ketones (excluding diaryl/α,β-unsaturated/α-hetero) is 1. The second-order valence-electron chi connectivity index (χ2n) is 19.5. The Morgan fingerprint density at radius 3 is 2.38 bits per heavy atom. The van der Waals surface area contributed by atoms with Gasteiger partial charge in [0.05, 0.1) is 91.2 Å². The first-order valence-corrected chi connectivity index (χ1v) is 25.8. The van der Waals surface area contributed by atoms with Crippen molar-refractivity contribution in [3.63, 3.8) is 0 Å². The van der Waals surface area contributed by atoms with Gasteiger partial charge in [-0.3, -0.25) is 19.4 Å². The molecule has 1 aromatic heterocycles. The zero-order valence-corrected chi connectivity index (χ0v) is 44.7. The number of methoxy groups -OCH3 is 1. The van der Waals surface area contributed by atoms with Gasteiger partial charge in [-0.25, -0.2) is 9.59 Å². The number of urea groups is 1. The number of ketones is 1. The SMILES string of the molecule is COc1ccc(C(=O)Nc2c(Cl)cncc2Cl)cc1OCCCN1C(=O)O[C@]2(C)[C@@H](I)OC(=O)[C@H](C)[C@@H](O)[C@H](C)[C@@H](O[C@@H]3O[C@H](C)C[C@H](N(C)C(=O)N4CCOCC4)[C@H]3O)[C@@]3(C)C[C@@H](CO3)C(=O)[C@H](C)[C@@H]12. The minimum Gasteiger partial charge on any atom is -0.493 e. The summed E-state index contributed by atoms with van der Waals surface area (Å²) in [7, 11) is 3.08. The minimum absolute atomic E-state index is 0.0292. The van der Waals surface area contributed by atoms with Crippen LogP contribution in [0.3, 0.4) is 0 Å². The van der Waals surface area contributed by atoms with Crippen LogP contribution < -0.4 is 14.8 Å². The van der Waals surface area contributed by atoms with Crippen LogP contribution in [0.15, 0.2) is 30.6 Å². The molecule has 71 heavy (non-hydrogen) atoms. The van der Waals surface area contributed by atoms with Crippen LogP contribution in [-0.4, -0.2) is 178 Å². The number of fused-ring (bicyclic) bond motifs is 3. The number of alkyl halides is 1. The van der Waals surface area contributed by atoms with Crippen molar-refractivity contribution in [3.8, 4) is 11.5 Å². The molecule has 23 heteroatoms. The predicted octanol–water partition coefficient (Wildman–Crippen LogP) is 5.58. The Labute approximate surface area is 436 Å². The van der Waals surface area contributed by atoms with Crippen LogP contribution in [0.1, 0.15) is 71.2 Å². The molecule has 0 unspecified atom stereocenters. The number of esters is 1. The zero-order chi connectivity index (χ0) is 51.7. The number of nitrogens with one attached hydrogen (secondary N) is 1. The second kappa shape index (κ2) is 22.8. The Balaban J connectivity index is 1.09. The highest BCUT2D eigenvalue weighted by molar-refractivity contribution is 14.1. The molecule has 392 valence electrons. The van der Waals surface area contributed by atoms with Crippen LogP contribution >= 0.6 is 45.8 Å². The fourth-order valence-electron chi connectivity index (χ4n) is 10.5. The summed E-state index contributed by atoms with van der Waals surface area (Å²) < 4.78 is 47.5. The van der Waals surface area contributed by atoms with Crippen LogP contribution in [0.5, 0.6) is 11.5 Å². The van der Waals surface area contributed by atoms with E-state index < -0.39 is 99.7 Å². The number of nitrogens with zero attached hydrogens (tertiary/aromatic N) is 4. The highest BCUT2D eigenvalue weighted by atomic mass is 127. The number of aliphatic hydroxyl groups excluding tert-OH is 2. The van der Waals surface area contributed by atoms with Gasteiger partial charge in [0.1, 0.15) is 11.9 Å². The first kappa shape index (κ1) is 55.0. The highest BCUT2D eigenvalue weighted by Gasteiger charge is 2.61. The van der Waals surface area contributed by atoms with Crippen molar-refractivity contribution in [2.24, 2.45) is 23.7 Å². The van der Waals surface area contributed by atoms with Gasteiger partial charge in [-0.15, -0.1) is 0 Å². The summed E-state index contributed by atoms with van der Waals surface area (Å²) in [5, 5.41) is 26.9. The molecule has 2 bridgehead atoms. The normalized spacial score (nSPS) is 34.7. The third-order valence-electron chi connectivity index (χ3n) is 14.5. The summed E-state index contributed by atoms with van der Waals surface area (Å²) >= 11 is 14.3. The molecule has 0 spiro atoms. The molecule has 14 atom stereocenters. The van der Waals surface area contributed by atoms with E-state index in [9.17, 15) is 34.2 Å².